The number of hydrogen-bond acceptors (Lipinski definition) is 7. The molecule has 1 atom stereocenters. The van der Waals surface area contributed by atoms with Crippen molar-refractivity contribution in [2.45, 2.75) is 43.7 Å². The Labute approximate surface area is 286 Å². The number of phenolic OH excluding ortho intramolecular Hbond substituents is 2. The Morgan fingerprint density at radius 2 is 1.61 bits per heavy atom. The zero-order valence-electron chi connectivity index (χ0n) is 27.8. The second-order valence-electron chi connectivity index (χ2n) is 13.1. The highest BCUT2D eigenvalue weighted by atomic mass is 16.3. The van der Waals surface area contributed by atoms with Gasteiger partial charge in [-0.3, -0.25) is 9.59 Å². The van der Waals surface area contributed by atoms with Crippen LogP contribution in [0.1, 0.15) is 63.5 Å². The molecule has 0 aliphatic carbocycles. The number of carbonyl (C=O) groups excluding carboxylic acids is 1. The van der Waals surface area contributed by atoms with E-state index >= 15 is 0 Å². The van der Waals surface area contributed by atoms with Gasteiger partial charge in [-0.2, -0.15) is 0 Å². The molecule has 1 amide bonds. The van der Waals surface area contributed by atoms with Crippen LogP contribution in [0.15, 0.2) is 102 Å². The summed E-state index contributed by atoms with van der Waals surface area (Å²) in [6, 6.07) is 29.9. The average molecular weight is 661 g/mol. The SMILES string of the molecule is CN1CCC(c2ccccc2)(c2cc(CCCNC(=O)c3ccc(CNCC(O)c4ccc(O)c5[nH]c(=O)ccc45)cc3)ccc2O)CC1. The number of fused-ring (bicyclic) bond motifs is 1. The van der Waals surface area contributed by atoms with Crippen molar-refractivity contribution < 1.29 is 20.1 Å². The van der Waals surface area contributed by atoms with Gasteiger partial charge >= 0.3 is 0 Å². The maximum absolute atomic E-state index is 12.9. The number of likely N-dealkylation sites (tertiary alicyclic amines) is 1. The van der Waals surface area contributed by atoms with E-state index in [2.05, 4.69) is 57.9 Å². The third kappa shape index (κ3) is 7.70. The standard InChI is InChI=1S/C40H44N4O5/c1-44-22-19-40(20-23-44,30-7-3-2-4-8-30)33-24-27(11-16-34(33)45)6-5-21-42-39(49)29-12-9-28(10-13-29)25-41-26-36(47)31-14-17-35(46)38-32(31)15-18-37(48)43-38/h2-4,7-18,24,36,41,45-47H,5-6,19-23,25-26H2,1H3,(H,42,49)(H,43,48). The zero-order chi connectivity index (χ0) is 34.4. The maximum Gasteiger partial charge on any atom is 0.251 e. The van der Waals surface area contributed by atoms with Gasteiger partial charge in [-0.25, -0.2) is 0 Å². The van der Waals surface area contributed by atoms with Crippen LogP contribution in [0.2, 0.25) is 0 Å². The van der Waals surface area contributed by atoms with Gasteiger partial charge in [0.25, 0.3) is 5.91 Å². The van der Waals surface area contributed by atoms with E-state index in [-0.39, 0.29) is 29.2 Å². The monoisotopic (exact) mass is 660 g/mol. The zero-order valence-corrected chi connectivity index (χ0v) is 27.8. The quantitative estimate of drug-likeness (QED) is 0.102. The molecule has 1 aliphatic rings. The lowest BCUT2D eigenvalue weighted by molar-refractivity contribution is 0.0953. The molecule has 2 heterocycles. The number of piperidine rings is 1. The number of H-pyrrole nitrogens is 1. The number of carbonyl (C=O) groups is 1. The molecule has 0 saturated carbocycles. The van der Waals surface area contributed by atoms with E-state index in [1.54, 1.807) is 24.3 Å². The van der Waals surface area contributed by atoms with Crippen LogP contribution in [0.4, 0.5) is 0 Å². The lowest BCUT2D eigenvalue weighted by atomic mass is 9.67. The molecular weight excluding hydrogens is 616 g/mol. The van der Waals surface area contributed by atoms with E-state index in [1.807, 2.05) is 30.3 Å². The number of rotatable bonds is 12. The second-order valence-corrected chi connectivity index (χ2v) is 13.1. The Kier molecular flexibility index (Phi) is 10.4. The first-order valence-electron chi connectivity index (χ1n) is 16.9. The Hall–Kier alpha value is -4.96. The summed E-state index contributed by atoms with van der Waals surface area (Å²) in [4.78, 5) is 29.5. The summed E-state index contributed by atoms with van der Waals surface area (Å²) < 4.78 is 0. The van der Waals surface area contributed by atoms with Crippen LogP contribution in [0.25, 0.3) is 10.9 Å². The van der Waals surface area contributed by atoms with Crippen molar-refractivity contribution in [2.24, 2.45) is 0 Å². The number of phenols is 2. The van der Waals surface area contributed by atoms with E-state index in [0.717, 1.165) is 55.5 Å². The van der Waals surface area contributed by atoms with Gasteiger partial charge in [0.1, 0.15) is 11.5 Å². The Morgan fingerprint density at radius 3 is 2.37 bits per heavy atom. The van der Waals surface area contributed by atoms with Crippen molar-refractivity contribution in [3.8, 4) is 11.5 Å². The predicted octanol–water partition coefficient (Wildman–Crippen LogP) is 5.14. The van der Waals surface area contributed by atoms with Crippen molar-refractivity contribution in [3.63, 3.8) is 0 Å². The largest absolute Gasteiger partial charge is 0.508 e. The van der Waals surface area contributed by atoms with Crippen LogP contribution in [-0.4, -0.2) is 64.3 Å². The van der Waals surface area contributed by atoms with Gasteiger partial charge in [-0.05, 0) is 98.4 Å². The summed E-state index contributed by atoms with van der Waals surface area (Å²) in [5.74, 6) is 0.157. The number of benzene rings is 4. The number of aromatic nitrogens is 1. The average Bonchev–Trinajstić information content (AvgIpc) is 3.12. The molecule has 0 spiro atoms. The summed E-state index contributed by atoms with van der Waals surface area (Å²) in [6.07, 6.45) is 2.59. The minimum atomic E-state index is -0.855. The normalized spacial score (nSPS) is 15.2. The van der Waals surface area contributed by atoms with Gasteiger partial charge in [0.2, 0.25) is 5.56 Å². The van der Waals surface area contributed by atoms with Gasteiger partial charge in [0.15, 0.2) is 0 Å². The van der Waals surface area contributed by atoms with Gasteiger partial charge in [-0.1, -0.05) is 60.7 Å². The predicted molar refractivity (Wildman–Crippen MR) is 192 cm³/mol. The van der Waals surface area contributed by atoms with Gasteiger partial charge < -0.3 is 35.8 Å². The minimum absolute atomic E-state index is 0.0490. The fourth-order valence-electron chi connectivity index (χ4n) is 6.98. The number of nitrogens with one attached hydrogen (secondary N) is 3. The summed E-state index contributed by atoms with van der Waals surface area (Å²) in [5.41, 5.74) is 5.26. The number of aliphatic hydroxyl groups is 1. The molecule has 6 N–H and O–H groups in total. The molecule has 1 aromatic heterocycles. The minimum Gasteiger partial charge on any atom is -0.508 e. The van der Waals surface area contributed by atoms with Crippen LogP contribution >= 0.6 is 0 Å². The molecule has 9 nitrogen and oxygen atoms in total. The maximum atomic E-state index is 12.9. The first-order chi connectivity index (χ1) is 23.7. The van der Waals surface area contributed by atoms with Crippen molar-refractivity contribution in [2.75, 3.05) is 33.2 Å². The number of hydrogen-bond donors (Lipinski definition) is 6. The first kappa shape index (κ1) is 33.9. The van der Waals surface area contributed by atoms with E-state index < -0.39 is 6.10 Å². The molecule has 1 aliphatic heterocycles. The number of aromatic amines is 1. The first-order valence-corrected chi connectivity index (χ1v) is 16.9. The molecule has 254 valence electrons. The smallest absolute Gasteiger partial charge is 0.251 e. The van der Waals surface area contributed by atoms with Crippen molar-refractivity contribution >= 4 is 16.8 Å². The van der Waals surface area contributed by atoms with E-state index in [0.29, 0.717) is 40.9 Å². The van der Waals surface area contributed by atoms with E-state index in [9.17, 15) is 24.9 Å². The van der Waals surface area contributed by atoms with Crippen LogP contribution in [-0.2, 0) is 18.4 Å². The Balaban J connectivity index is 0.994. The highest BCUT2D eigenvalue weighted by Crippen LogP contribution is 2.45. The number of nitrogens with zero attached hydrogens (tertiary/aromatic N) is 1. The Bertz CT molecular complexity index is 1950. The van der Waals surface area contributed by atoms with Crippen molar-refractivity contribution in [1.82, 2.24) is 20.5 Å². The fraction of sp³-hybridized carbons (Fsp3) is 0.300. The molecule has 4 aromatic carbocycles. The van der Waals surface area contributed by atoms with Crippen LogP contribution < -0.4 is 16.2 Å². The van der Waals surface area contributed by atoms with Crippen LogP contribution in [0.5, 0.6) is 11.5 Å². The van der Waals surface area contributed by atoms with Gasteiger partial charge in [0.05, 0.1) is 11.6 Å². The number of aryl methyl sites for hydroxylation is 1. The number of amides is 1. The number of pyridine rings is 1. The third-order valence-electron chi connectivity index (χ3n) is 9.82. The number of aliphatic hydroxyl groups excluding tert-OH is 1. The Morgan fingerprint density at radius 1 is 0.898 bits per heavy atom. The molecule has 0 bridgehead atoms. The summed E-state index contributed by atoms with van der Waals surface area (Å²) in [6.45, 7) is 3.21. The second kappa shape index (κ2) is 15.1. The van der Waals surface area contributed by atoms with Gasteiger partial charge in [-0.15, -0.1) is 0 Å². The summed E-state index contributed by atoms with van der Waals surface area (Å²) in [7, 11) is 2.15. The molecule has 6 rings (SSSR count). The van der Waals surface area contributed by atoms with E-state index in [4.69, 9.17) is 0 Å². The highest BCUT2D eigenvalue weighted by molar-refractivity contribution is 5.94. The number of aromatic hydroxyl groups is 2. The molecular formula is C40H44N4O5. The molecule has 49 heavy (non-hydrogen) atoms. The fourth-order valence-corrected chi connectivity index (χ4v) is 6.98. The molecule has 1 unspecified atom stereocenters. The topological polar surface area (TPSA) is 138 Å². The van der Waals surface area contributed by atoms with Crippen LogP contribution in [0, 0.1) is 0 Å². The van der Waals surface area contributed by atoms with E-state index in [1.165, 1.54) is 17.7 Å². The third-order valence-corrected chi connectivity index (χ3v) is 9.82. The lowest BCUT2D eigenvalue weighted by Gasteiger charge is -2.42. The summed E-state index contributed by atoms with van der Waals surface area (Å²) >= 11 is 0. The highest BCUT2D eigenvalue weighted by Gasteiger charge is 2.39. The van der Waals surface area contributed by atoms with Crippen molar-refractivity contribution in [1.29, 1.82) is 0 Å². The molecule has 0 radical (unpaired) electrons. The van der Waals surface area contributed by atoms with Crippen LogP contribution in [0.3, 0.4) is 0 Å². The lowest BCUT2D eigenvalue weighted by Crippen LogP contribution is -2.41. The van der Waals surface area contributed by atoms with Gasteiger partial charge in [0, 0.05) is 47.6 Å². The summed E-state index contributed by atoms with van der Waals surface area (Å²) in [5, 5.41) is 38.8. The molecule has 1 saturated heterocycles. The molecule has 9 heteroatoms. The molecule has 5 aromatic rings. The molecule has 1 fully saturated rings. The van der Waals surface area contributed by atoms with Crippen molar-refractivity contribution in [3.05, 3.63) is 141 Å².